The number of rotatable bonds is 4. The number of aromatic nitrogens is 3. The van der Waals surface area contributed by atoms with Crippen LogP contribution in [0.2, 0.25) is 0 Å². The maximum absolute atomic E-state index is 4.76. The molecule has 0 amide bonds. The van der Waals surface area contributed by atoms with Gasteiger partial charge in [-0.15, -0.1) is 0 Å². The molecule has 0 aliphatic carbocycles. The second-order valence-corrected chi connectivity index (χ2v) is 8.03. The first-order valence-corrected chi connectivity index (χ1v) is 10.2. The maximum Gasteiger partial charge on any atom is 0.155 e. The fourth-order valence-electron chi connectivity index (χ4n) is 3.38. The Hall–Kier alpha value is -2.67. The summed E-state index contributed by atoms with van der Waals surface area (Å²) < 4.78 is 5.37. The van der Waals surface area contributed by atoms with Gasteiger partial charge in [-0.3, -0.25) is 0 Å². The van der Waals surface area contributed by atoms with Gasteiger partial charge in [-0.2, -0.15) is 5.10 Å². The molecule has 28 heavy (non-hydrogen) atoms. The topological polar surface area (TPSA) is 35.1 Å². The summed E-state index contributed by atoms with van der Waals surface area (Å²) >= 11 is 2.33. The van der Waals surface area contributed by atoms with Crippen molar-refractivity contribution in [2.45, 2.75) is 20.8 Å². The van der Waals surface area contributed by atoms with Gasteiger partial charge in [0, 0.05) is 38.5 Å². The van der Waals surface area contributed by atoms with Gasteiger partial charge in [0.15, 0.2) is 5.82 Å². The Balaban J connectivity index is 1.70. The van der Waals surface area contributed by atoms with Crippen LogP contribution in [0.15, 0.2) is 71.7 Å². The quantitative estimate of drug-likeness (QED) is 0.263. The molecule has 140 valence electrons. The summed E-state index contributed by atoms with van der Waals surface area (Å²) in [6.07, 6.45) is 1.93. The van der Waals surface area contributed by atoms with Crippen molar-refractivity contribution in [1.29, 1.82) is 0 Å². The lowest BCUT2D eigenvalue weighted by Crippen LogP contribution is -1.99. The van der Waals surface area contributed by atoms with Crippen LogP contribution in [0.1, 0.15) is 22.6 Å². The molecule has 0 fully saturated rings. The van der Waals surface area contributed by atoms with Crippen molar-refractivity contribution < 1.29 is 0 Å². The van der Waals surface area contributed by atoms with Gasteiger partial charge in [0.1, 0.15) is 0 Å². The van der Waals surface area contributed by atoms with Gasteiger partial charge in [-0.25, -0.2) is 9.67 Å². The van der Waals surface area contributed by atoms with E-state index in [1.54, 1.807) is 0 Å². The lowest BCUT2D eigenvalue weighted by atomic mass is 10.2. The minimum Gasteiger partial charge on any atom is -0.318 e. The van der Waals surface area contributed by atoms with E-state index in [1.165, 1.54) is 20.6 Å². The number of benzene rings is 2. The second-order valence-electron chi connectivity index (χ2n) is 6.79. The van der Waals surface area contributed by atoms with Crippen molar-refractivity contribution in [2.24, 2.45) is 4.99 Å². The van der Waals surface area contributed by atoms with E-state index in [1.807, 2.05) is 54.2 Å². The Kier molecular flexibility index (Phi) is 5.17. The normalized spacial score (nSPS) is 11.4. The van der Waals surface area contributed by atoms with Crippen LogP contribution in [0.5, 0.6) is 0 Å². The van der Waals surface area contributed by atoms with Gasteiger partial charge in [0.25, 0.3) is 0 Å². The van der Waals surface area contributed by atoms with E-state index in [9.17, 15) is 0 Å². The summed E-state index contributed by atoms with van der Waals surface area (Å²) in [7, 11) is 0. The van der Waals surface area contributed by atoms with Crippen molar-refractivity contribution in [1.82, 2.24) is 14.3 Å². The molecule has 0 aliphatic heterocycles. The van der Waals surface area contributed by atoms with Crippen LogP contribution in [0.25, 0.3) is 11.4 Å². The summed E-state index contributed by atoms with van der Waals surface area (Å²) in [5, 5.41) is 4.59. The lowest BCUT2D eigenvalue weighted by Gasteiger charge is -2.09. The Morgan fingerprint density at radius 3 is 2.32 bits per heavy atom. The van der Waals surface area contributed by atoms with Crippen LogP contribution in [-0.4, -0.2) is 20.6 Å². The zero-order valence-electron chi connectivity index (χ0n) is 16.1. The summed E-state index contributed by atoms with van der Waals surface area (Å²) in [6.45, 7) is 6.24. The number of aryl methyl sites for hydroxylation is 2. The zero-order chi connectivity index (χ0) is 19.7. The van der Waals surface area contributed by atoms with Crippen LogP contribution in [-0.2, 0) is 0 Å². The minimum absolute atomic E-state index is 0.822. The molecule has 4 nitrogen and oxygen atoms in total. The number of hydrogen-bond acceptors (Lipinski definition) is 2. The first kappa shape index (κ1) is 18.7. The molecule has 4 aromatic rings. The lowest BCUT2D eigenvalue weighted by molar-refractivity contribution is 0.863. The van der Waals surface area contributed by atoms with Gasteiger partial charge in [-0.1, -0.05) is 18.2 Å². The van der Waals surface area contributed by atoms with Gasteiger partial charge in [0.2, 0.25) is 0 Å². The molecule has 0 aliphatic rings. The highest BCUT2D eigenvalue weighted by Gasteiger charge is 2.10. The van der Waals surface area contributed by atoms with E-state index in [-0.39, 0.29) is 0 Å². The highest BCUT2D eigenvalue weighted by Crippen LogP contribution is 2.23. The summed E-state index contributed by atoms with van der Waals surface area (Å²) in [6, 6.07) is 22.8. The van der Waals surface area contributed by atoms with Gasteiger partial charge >= 0.3 is 0 Å². The number of nitrogens with zero attached hydrogens (tertiary/aromatic N) is 4. The molecule has 0 spiro atoms. The van der Waals surface area contributed by atoms with Crippen LogP contribution in [0, 0.1) is 24.3 Å². The van der Waals surface area contributed by atoms with E-state index >= 15 is 0 Å². The minimum atomic E-state index is 0.822. The molecule has 2 aromatic carbocycles. The van der Waals surface area contributed by atoms with Crippen LogP contribution in [0.3, 0.4) is 0 Å². The molecular weight excluding hydrogens is 459 g/mol. The molecule has 0 bridgehead atoms. The molecule has 2 heterocycles. The van der Waals surface area contributed by atoms with Crippen molar-refractivity contribution in [3.63, 3.8) is 0 Å². The first-order chi connectivity index (χ1) is 13.5. The molecule has 0 saturated heterocycles. The van der Waals surface area contributed by atoms with E-state index in [4.69, 9.17) is 4.99 Å². The molecule has 4 rings (SSSR count). The number of aliphatic imine (C=N–C) groups is 1. The molecular formula is C23H21IN4. The summed E-state index contributed by atoms with van der Waals surface area (Å²) in [5.74, 6) is 0.822. The molecule has 5 heteroatoms. The second kappa shape index (κ2) is 7.75. The number of para-hydroxylation sites is 1. The van der Waals surface area contributed by atoms with Crippen molar-refractivity contribution in [2.75, 3.05) is 0 Å². The van der Waals surface area contributed by atoms with Crippen molar-refractivity contribution in [3.8, 4) is 11.4 Å². The fourth-order valence-corrected chi connectivity index (χ4v) is 3.74. The van der Waals surface area contributed by atoms with E-state index < -0.39 is 0 Å². The highest BCUT2D eigenvalue weighted by molar-refractivity contribution is 14.1. The van der Waals surface area contributed by atoms with Crippen molar-refractivity contribution >= 4 is 34.6 Å². The smallest absolute Gasteiger partial charge is 0.155 e. The fraction of sp³-hybridized carbons (Fsp3) is 0.130. The molecule has 0 saturated carbocycles. The predicted molar refractivity (Wildman–Crippen MR) is 124 cm³/mol. The van der Waals surface area contributed by atoms with Crippen LogP contribution >= 0.6 is 22.6 Å². The van der Waals surface area contributed by atoms with E-state index in [2.05, 4.69) is 76.4 Å². The monoisotopic (exact) mass is 480 g/mol. The summed E-state index contributed by atoms with van der Waals surface area (Å²) in [4.78, 5) is 4.76. The molecule has 0 radical (unpaired) electrons. The average Bonchev–Trinajstić information content (AvgIpc) is 3.20. The number of hydrogen-bond donors (Lipinski definition) is 0. The Morgan fingerprint density at radius 2 is 1.61 bits per heavy atom. The Bertz CT molecular complexity index is 1140. The van der Waals surface area contributed by atoms with Gasteiger partial charge in [0.05, 0.1) is 11.4 Å². The van der Waals surface area contributed by atoms with E-state index in [0.717, 1.165) is 22.8 Å². The largest absolute Gasteiger partial charge is 0.318 e. The van der Waals surface area contributed by atoms with Crippen LogP contribution in [0.4, 0.5) is 5.82 Å². The third-order valence-corrected chi connectivity index (χ3v) is 5.42. The summed E-state index contributed by atoms with van der Waals surface area (Å²) in [5.41, 5.74) is 6.58. The average molecular weight is 480 g/mol. The van der Waals surface area contributed by atoms with E-state index in [0.29, 0.717) is 0 Å². The zero-order valence-corrected chi connectivity index (χ0v) is 18.3. The van der Waals surface area contributed by atoms with Crippen LogP contribution < -0.4 is 0 Å². The predicted octanol–water partition coefficient (Wildman–Crippen LogP) is 5.94. The third-order valence-electron chi connectivity index (χ3n) is 4.70. The SMILES string of the molecule is Cc1cc(/N=C/c2cc(C)n(-c3ccc(I)cc3)c2C)n(-c2ccccc2)n1. The first-order valence-electron chi connectivity index (χ1n) is 9.14. The molecule has 0 unspecified atom stereocenters. The Labute approximate surface area is 178 Å². The molecule has 2 aromatic heterocycles. The van der Waals surface area contributed by atoms with Gasteiger partial charge < -0.3 is 4.57 Å². The molecule has 0 N–H and O–H groups in total. The van der Waals surface area contributed by atoms with Crippen molar-refractivity contribution in [3.05, 3.63) is 92.9 Å². The van der Waals surface area contributed by atoms with Gasteiger partial charge in [-0.05, 0) is 85.8 Å². The standard InChI is InChI=1S/C23H21IN4/c1-16-13-23(28(26-16)22-7-5-4-6-8-22)25-15-19-14-17(2)27(18(19)3)21-11-9-20(24)10-12-21/h4-15H,1-3H3/b25-15+. The number of halogens is 1. The third kappa shape index (κ3) is 3.67. The Morgan fingerprint density at radius 1 is 0.893 bits per heavy atom. The molecule has 0 atom stereocenters. The maximum atomic E-state index is 4.76. The highest BCUT2D eigenvalue weighted by atomic mass is 127.